The number of aliphatic hydroxyl groups excluding tert-OH is 2. The van der Waals surface area contributed by atoms with Crippen LogP contribution in [0.1, 0.15) is 11.1 Å². The normalized spacial score (nSPS) is 12.0. The maximum Gasteiger partial charge on any atom is 0.320 e. The number of hydrogen-bond acceptors (Lipinski definition) is 10. The van der Waals surface area contributed by atoms with Crippen LogP contribution in [0.4, 0.5) is 21.0 Å². The quantitative estimate of drug-likeness (QED) is 0.0481. The minimum atomic E-state index is -0.685. The van der Waals surface area contributed by atoms with E-state index in [-0.39, 0.29) is 31.4 Å². The number of nitrogens with one attached hydrogen (secondary N) is 6. The third-order valence-electron chi connectivity index (χ3n) is 7.42. The first-order valence-corrected chi connectivity index (χ1v) is 16.6. The smallest absolute Gasteiger partial charge is 0.320 e. The van der Waals surface area contributed by atoms with Crippen LogP contribution >= 0.6 is 0 Å². The molecule has 51 heavy (non-hydrogen) atoms. The molecule has 4 aromatic carbocycles. The van der Waals surface area contributed by atoms with Gasteiger partial charge in [0, 0.05) is 24.5 Å². The number of carbonyl (C=O) groups excluding carboxylic acids is 2. The van der Waals surface area contributed by atoms with E-state index in [9.17, 15) is 30.0 Å². The Morgan fingerprint density at radius 2 is 0.922 bits per heavy atom. The van der Waals surface area contributed by atoms with Gasteiger partial charge in [0.15, 0.2) is 0 Å². The number of carbonyl (C=O) groups is 2. The van der Waals surface area contributed by atoms with Crippen molar-refractivity contribution in [3.8, 4) is 23.0 Å². The van der Waals surface area contributed by atoms with Gasteiger partial charge < -0.3 is 61.8 Å². The average molecular weight is 703 g/mol. The van der Waals surface area contributed by atoms with Crippen molar-refractivity contribution in [1.29, 1.82) is 0 Å². The topological polar surface area (TPSA) is 206 Å². The number of benzene rings is 4. The van der Waals surface area contributed by atoms with E-state index in [0.717, 1.165) is 24.0 Å². The van der Waals surface area contributed by atoms with E-state index in [1.807, 2.05) is 24.3 Å². The Hall–Kier alpha value is -5.54. The molecule has 4 aromatic rings. The van der Waals surface area contributed by atoms with E-state index >= 15 is 0 Å². The highest BCUT2D eigenvalue weighted by Gasteiger charge is 2.08. The summed E-state index contributed by atoms with van der Waals surface area (Å²) < 4.78 is 11.0. The molecule has 0 bridgehead atoms. The maximum absolute atomic E-state index is 12.3. The lowest BCUT2D eigenvalue weighted by Crippen LogP contribution is -2.41. The molecule has 2 atom stereocenters. The molecule has 272 valence electrons. The molecule has 0 spiro atoms. The summed E-state index contributed by atoms with van der Waals surface area (Å²) in [6.07, 6.45) is 0.0800. The number of ether oxygens (including phenoxy) is 2. The Bertz CT molecular complexity index is 1490. The van der Waals surface area contributed by atoms with Crippen molar-refractivity contribution >= 4 is 23.4 Å². The van der Waals surface area contributed by atoms with Gasteiger partial charge in [-0.3, -0.25) is 0 Å². The minimum absolute atomic E-state index is 0.0805. The van der Waals surface area contributed by atoms with E-state index < -0.39 is 24.3 Å². The second-order valence-electron chi connectivity index (χ2n) is 11.7. The van der Waals surface area contributed by atoms with Crippen LogP contribution in [-0.2, 0) is 12.8 Å². The Balaban J connectivity index is 1.01. The molecule has 0 radical (unpaired) electrons. The molecule has 0 fully saturated rings. The highest BCUT2D eigenvalue weighted by Crippen LogP contribution is 2.17. The lowest BCUT2D eigenvalue weighted by molar-refractivity contribution is 0.106. The zero-order valence-corrected chi connectivity index (χ0v) is 28.2. The van der Waals surface area contributed by atoms with Gasteiger partial charge >= 0.3 is 12.1 Å². The summed E-state index contributed by atoms with van der Waals surface area (Å²) in [6.45, 7) is 2.20. The Labute approximate surface area is 296 Å². The molecule has 0 aromatic heterocycles. The SMILES string of the molecule is O=C(NCNC(=O)Nc1ccc(CCNCC(O)COc2ccc(O)cc2)cc1)Nc1ccc(CCNCC(O)COc2ccc(O)cc2)cc1. The molecule has 4 amide bonds. The fourth-order valence-electron chi connectivity index (χ4n) is 4.66. The van der Waals surface area contributed by atoms with Crippen molar-refractivity contribution in [2.45, 2.75) is 25.0 Å². The molecular formula is C37H46N6O8. The molecule has 14 heteroatoms. The predicted octanol–water partition coefficient (Wildman–Crippen LogP) is 3.14. The van der Waals surface area contributed by atoms with Crippen LogP contribution in [0.15, 0.2) is 97.1 Å². The summed E-state index contributed by atoms with van der Waals surface area (Å²) in [5.74, 6) is 1.45. The molecule has 14 nitrogen and oxygen atoms in total. The van der Waals surface area contributed by atoms with Crippen LogP contribution in [0.25, 0.3) is 0 Å². The predicted molar refractivity (Wildman–Crippen MR) is 194 cm³/mol. The van der Waals surface area contributed by atoms with Gasteiger partial charge in [0.05, 0.1) is 6.67 Å². The van der Waals surface area contributed by atoms with Gasteiger partial charge in [-0.05, 0) is 110 Å². The van der Waals surface area contributed by atoms with Gasteiger partial charge in [0.1, 0.15) is 48.4 Å². The second kappa shape index (κ2) is 20.9. The van der Waals surface area contributed by atoms with Crippen molar-refractivity contribution in [2.24, 2.45) is 0 Å². The fourth-order valence-corrected chi connectivity index (χ4v) is 4.66. The Morgan fingerprint density at radius 1 is 0.549 bits per heavy atom. The highest BCUT2D eigenvalue weighted by molar-refractivity contribution is 5.91. The number of aliphatic hydroxyl groups is 2. The summed E-state index contributed by atoms with van der Waals surface area (Å²) in [5, 5.41) is 55.8. The zero-order valence-electron chi connectivity index (χ0n) is 28.2. The van der Waals surface area contributed by atoms with Crippen molar-refractivity contribution < 1.29 is 39.5 Å². The van der Waals surface area contributed by atoms with Gasteiger partial charge in [-0.2, -0.15) is 0 Å². The number of amides is 4. The fraction of sp³-hybridized carbons (Fsp3) is 0.297. The van der Waals surface area contributed by atoms with Gasteiger partial charge in [0.25, 0.3) is 0 Å². The molecule has 0 heterocycles. The summed E-state index contributed by atoms with van der Waals surface area (Å²) in [4.78, 5) is 24.5. The number of urea groups is 2. The minimum Gasteiger partial charge on any atom is -0.508 e. The van der Waals surface area contributed by atoms with Crippen LogP contribution in [0.5, 0.6) is 23.0 Å². The number of phenols is 2. The van der Waals surface area contributed by atoms with Crippen LogP contribution in [0.2, 0.25) is 0 Å². The molecular weight excluding hydrogens is 656 g/mol. The van der Waals surface area contributed by atoms with E-state index in [0.29, 0.717) is 49.1 Å². The molecule has 0 aliphatic carbocycles. The second-order valence-corrected chi connectivity index (χ2v) is 11.7. The maximum atomic E-state index is 12.3. The van der Waals surface area contributed by atoms with E-state index in [2.05, 4.69) is 31.9 Å². The Kier molecular flexibility index (Phi) is 15.6. The van der Waals surface area contributed by atoms with Crippen LogP contribution in [0, 0.1) is 0 Å². The van der Waals surface area contributed by atoms with Gasteiger partial charge in [0.2, 0.25) is 0 Å². The standard InChI is InChI=1S/C37H46N6O8/c44-30-9-13-34(14-10-30)50-23-32(46)21-38-19-17-26-1-5-28(6-2-26)42-36(48)40-25-41-37(49)43-29-7-3-27(4-8-29)18-20-39-22-33(47)24-51-35-15-11-31(45)12-16-35/h1-16,32-33,38-39,44-47H,17-25H2,(H2,40,42,48)(H2,41,43,49). The van der Waals surface area contributed by atoms with Crippen LogP contribution in [-0.4, -0.2) is 90.8 Å². The largest absolute Gasteiger partial charge is 0.508 e. The lowest BCUT2D eigenvalue weighted by atomic mass is 10.1. The molecule has 0 saturated carbocycles. The van der Waals surface area contributed by atoms with Crippen LogP contribution < -0.4 is 41.4 Å². The molecule has 4 rings (SSSR count). The molecule has 2 unspecified atom stereocenters. The summed E-state index contributed by atoms with van der Waals surface area (Å²) in [5.41, 5.74) is 3.30. The highest BCUT2D eigenvalue weighted by atomic mass is 16.5. The third-order valence-corrected chi connectivity index (χ3v) is 7.42. The number of hydrogen-bond donors (Lipinski definition) is 10. The lowest BCUT2D eigenvalue weighted by Gasteiger charge is -2.14. The van der Waals surface area contributed by atoms with E-state index in [1.165, 1.54) is 24.3 Å². The van der Waals surface area contributed by atoms with Gasteiger partial charge in [-0.25, -0.2) is 9.59 Å². The third kappa shape index (κ3) is 15.3. The average Bonchev–Trinajstić information content (AvgIpc) is 3.13. The van der Waals surface area contributed by atoms with Crippen molar-refractivity contribution in [3.63, 3.8) is 0 Å². The first kappa shape index (κ1) is 38.3. The molecule has 0 aliphatic heterocycles. The van der Waals surface area contributed by atoms with Crippen LogP contribution in [0.3, 0.4) is 0 Å². The molecule has 0 saturated heterocycles. The zero-order chi connectivity index (χ0) is 36.3. The van der Waals surface area contributed by atoms with Crippen molar-refractivity contribution in [1.82, 2.24) is 21.3 Å². The van der Waals surface area contributed by atoms with Crippen molar-refractivity contribution in [3.05, 3.63) is 108 Å². The molecule has 10 N–H and O–H groups in total. The molecule has 0 aliphatic rings. The Morgan fingerprint density at radius 3 is 1.29 bits per heavy atom. The summed E-state index contributed by atoms with van der Waals surface area (Å²) >= 11 is 0. The monoisotopic (exact) mass is 702 g/mol. The first-order valence-electron chi connectivity index (χ1n) is 16.6. The van der Waals surface area contributed by atoms with Crippen molar-refractivity contribution in [2.75, 3.05) is 56.7 Å². The number of anilines is 2. The number of phenolic OH excluding ortho intramolecular Hbond substituents is 2. The van der Waals surface area contributed by atoms with Gasteiger partial charge in [-0.1, -0.05) is 24.3 Å². The van der Waals surface area contributed by atoms with Gasteiger partial charge in [-0.15, -0.1) is 0 Å². The number of rotatable bonds is 20. The first-order chi connectivity index (χ1) is 24.7. The van der Waals surface area contributed by atoms with E-state index in [4.69, 9.17) is 9.47 Å². The summed E-state index contributed by atoms with van der Waals surface area (Å²) in [6, 6.07) is 26.4. The van der Waals surface area contributed by atoms with E-state index in [1.54, 1.807) is 48.5 Å². The number of aromatic hydroxyl groups is 2. The summed E-state index contributed by atoms with van der Waals surface area (Å²) in [7, 11) is 0.